The van der Waals surface area contributed by atoms with Crippen molar-refractivity contribution in [3.63, 3.8) is 0 Å². The molecule has 0 spiro atoms. The Morgan fingerprint density at radius 2 is 1.36 bits per heavy atom. The fraction of sp³-hybridized carbons (Fsp3) is 1.00. The van der Waals surface area contributed by atoms with Crippen molar-refractivity contribution >= 4 is 8.07 Å². The smallest absolute Gasteiger partial charge is 0.0796 e. The minimum absolute atomic E-state index is 0.454. The lowest BCUT2D eigenvalue weighted by Gasteiger charge is -2.18. The Hall–Kier alpha value is 0.137. The highest BCUT2D eigenvalue weighted by Crippen LogP contribution is 2.27. The van der Waals surface area contributed by atoms with E-state index in [0.29, 0.717) is 0 Å². The first-order chi connectivity index (χ1) is 5.01. The molecule has 0 aliphatic carbocycles. The largest absolute Gasteiger partial charge is 0.390 e. The SMILES string of the molecule is C[Si]1(C)CC[C@@H](O)[C@@H](O)CC1. The second-order valence-corrected chi connectivity index (χ2v) is 9.70. The van der Waals surface area contributed by atoms with E-state index in [2.05, 4.69) is 13.1 Å². The third-order valence-corrected chi connectivity index (χ3v) is 5.96. The van der Waals surface area contributed by atoms with Crippen molar-refractivity contribution in [1.82, 2.24) is 0 Å². The van der Waals surface area contributed by atoms with E-state index in [9.17, 15) is 10.2 Å². The van der Waals surface area contributed by atoms with Crippen LogP contribution in [0.2, 0.25) is 25.2 Å². The van der Waals surface area contributed by atoms with E-state index < -0.39 is 20.3 Å². The van der Waals surface area contributed by atoms with Gasteiger partial charge >= 0.3 is 0 Å². The number of aliphatic hydroxyl groups is 2. The molecule has 0 amide bonds. The molecule has 2 atom stereocenters. The first-order valence-corrected chi connectivity index (χ1v) is 7.79. The highest BCUT2D eigenvalue weighted by molar-refractivity contribution is 6.77. The molecule has 1 heterocycles. The van der Waals surface area contributed by atoms with Crippen molar-refractivity contribution in [2.45, 2.75) is 50.2 Å². The Labute approximate surface area is 69.3 Å². The molecule has 1 saturated heterocycles. The fourth-order valence-electron chi connectivity index (χ4n) is 1.59. The predicted molar refractivity (Wildman–Crippen MR) is 48.3 cm³/mol. The summed E-state index contributed by atoms with van der Waals surface area (Å²) in [6, 6.07) is 2.32. The number of hydrogen-bond donors (Lipinski definition) is 2. The van der Waals surface area contributed by atoms with Gasteiger partial charge in [0.05, 0.1) is 12.2 Å². The van der Waals surface area contributed by atoms with E-state index in [4.69, 9.17) is 0 Å². The molecule has 2 nitrogen and oxygen atoms in total. The summed E-state index contributed by atoms with van der Waals surface area (Å²) in [6.07, 6.45) is 0.703. The van der Waals surface area contributed by atoms with Crippen molar-refractivity contribution in [2.24, 2.45) is 0 Å². The van der Waals surface area contributed by atoms with Gasteiger partial charge in [-0.05, 0) is 12.8 Å². The highest BCUT2D eigenvalue weighted by atomic mass is 28.3. The average Bonchev–Trinajstić information content (AvgIpc) is 2.03. The van der Waals surface area contributed by atoms with Crippen molar-refractivity contribution in [1.29, 1.82) is 0 Å². The maximum Gasteiger partial charge on any atom is 0.0796 e. The molecular weight excluding hydrogens is 156 g/mol. The Kier molecular flexibility index (Phi) is 2.73. The minimum atomic E-state index is -1.04. The first-order valence-electron chi connectivity index (χ1n) is 4.37. The molecule has 66 valence electrons. The Bertz CT molecular complexity index is 122. The third-order valence-electron chi connectivity index (χ3n) is 2.68. The monoisotopic (exact) mass is 174 g/mol. The number of aliphatic hydroxyl groups excluding tert-OH is 2. The van der Waals surface area contributed by atoms with Crippen LogP contribution in [0.4, 0.5) is 0 Å². The van der Waals surface area contributed by atoms with Gasteiger partial charge in [-0.15, -0.1) is 0 Å². The van der Waals surface area contributed by atoms with Crippen molar-refractivity contribution < 1.29 is 10.2 Å². The highest BCUT2D eigenvalue weighted by Gasteiger charge is 2.29. The molecule has 1 aliphatic rings. The van der Waals surface area contributed by atoms with Crippen LogP contribution in [0.25, 0.3) is 0 Å². The van der Waals surface area contributed by atoms with Gasteiger partial charge in [0.15, 0.2) is 0 Å². The second-order valence-electron chi connectivity index (χ2n) is 4.38. The molecule has 0 unspecified atom stereocenters. The molecule has 0 aromatic heterocycles. The lowest BCUT2D eigenvalue weighted by atomic mass is 10.1. The Balaban J connectivity index is 2.51. The van der Waals surface area contributed by atoms with Crippen LogP contribution >= 0.6 is 0 Å². The van der Waals surface area contributed by atoms with Gasteiger partial charge in [-0.3, -0.25) is 0 Å². The predicted octanol–water partition coefficient (Wildman–Crippen LogP) is 1.21. The van der Waals surface area contributed by atoms with Crippen LogP contribution in [0.15, 0.2) is 0 Å². The van der Waals surface area contributed by atoms with Crippen molar-refractivity contribution in [2.75, 3.05) is 0 Å². The van der Waals surface area contributed by atoms with Crippen LogP contribution in [-0.4, -0.2) is 30.5 Å². The van der Waals surface area contributed by atoms with Crippen LogP contribution in [0.3, 0.4) is 0 Å². The van der Waals surface area contributed by atoms with Gasteiger partial charge in [-0.2, -0.15) is 0 Å². The zero-order chi connectivity index (χ0) is 8.48. The van der Waals surface area contributed by atoms with Gasteiger partial charge in [0.1, 0.15) is 0 Å². The average molecular weight is 174 g/mol. The molecule has 0 aromatic carbocycles. The molecule has 1 aliphatic heterocycles. The van der Waals surface area contributed by atoms with E-state index in [0.717, 1.165) is 24.9 Å². The summed E-state index contributed by atoms with van der Waals surface area (Å²) in [5, 5.41) is 18.7. The molecule has 0 aromatic rings. The molecule has 2 N–H and O–H groups in total. The molecule has 0 saturated carbocycles. The van der Waals surface area contributed by atoms with Gasteiger partial charge in [-0.25, -0.2) is 0 Å². The zero-order valence-corrected chi connectivity index (χ0v) is 8.38. The van der Waals surface area contributed by atoms with E-state index in [-0.39, 0.29) is 0 Å². The van der Waals surface area contributed by atoms with E-state index in [1.54, 1.807) is 0 Å². The molecule has 11 heavy (non-hydrogen) atoms. The van der Waals surface area contributed by atoms with Crippen LogP contribution in [0, 0.1) is 0 Å². The Morgan fingerprint density at radius 1 is 1.00 bits per heavy atom. The Morgan fingerprint density at radius 3 is 1.73 bits per heavy atom. The molecule has 0 radical (unpaired) electrons. The fourth-order valence-corrected chi connectivity index (χ4v) is 3.99. The van der Waals surface area contributed by atoms with Crippen LogP contribution < -0.4 is 0 Å². The van der Waals surface area contributed by atoms with E-state index in [1.807, 2.05) is 0 Å². The lowest BCUT2D eigenvalue weighted by Crippen LogP contribution is -2.23. The summed E-state index contributed by atoms with van der Waals surface area (Å²) in [4.78, 5) is 0. The molecule has 3 heteroatoms. The zero-order valence-electron chi connectivity index (χ0n) is 7.38. The van der Waals surface area contributed by atoms with Gasteiger partial charge in [-0.1, -0.05) is 25.2 Å². The minimum Gasteiger partial charge on any atom is -0.390 e. The summed E-state index contributed by atoms with van der Waals surface area (Å²) in [5.41, 5.74) is 0. The summed E-state index contributed by atoms with van der Waals surface area (Å²) < 4.78 is 0. The lowest BCUT2D eigenvalue weighted by molar-refractivity contribution is 0.0180. The number of rotatable bonds is 0. The standard InChI is InChI=1S/C8H18O2Si/c1-11(2)5-3-7(9)8(10)4-6-11/h7-10H,3-6H2,1-2H3/t7-,8+. The first kappa shape index (κ1) is 9.23. The second kappa shape index (κ2) is 3.25. The van der Waals surface area contributed by atoms with Crippen LogP contribution in [0.5, 0.6) is 0 Å². The third kappa shape index (κ3) is 2.58. The molecule has 0 bridgehead atoms. The van der Waals surface area contributed by atoms with Crippen molar-refractivity contribution in [3.05, 3.63) is 0 Å². The molecule has 1 fully saturated rings. The molecular formula is C8H18O2Si. The van der Waals surface area contributed by atoms with E-state index in [1.165, 1.54) is 0 Å². The summed E-state index contributed by atoms with van der Waals surface area (Å²) in [7, 11) is -1.04. The van der Waals surface area contributed by atoms with Gasteiger partial charge in [0.25, 0.3) is 0 Å². The summed E-state index contributed by atoms with van der Waals surface area (Å²) in [6.45, 7) is 4.66. The quantitative estimate of drug-likeness (QED) is 0.542. The van der Waals surface area contributed by atoms with Gasteiger partial charge in [0, 0.05) is 8.07 Å². The summed E-state index contributed by atoms with van der Waals surface area (Å²) >= 11 is 0. The van der Waals surface area contributed by atoms with E-state index >= 15 is 0 Å². The maximum atomic E-state index is 9.36. The topological polar surface area (TPSA) is 40.5 Å². The van der Waals surface area contributed by atoms with Gasteiger partial charge < -0.3 is 10.2 Å². The molecule has 1 rings (SSSR count). The number of hydrogen-bond acceptors (Lipinski definition) is 2. The normalized spacial score (nSPS) is 38.2. The van der Waals surface area contributed by atoms with Crippen LogP contribution in [-0.2, 0) is 0 Å². The van der Waals surface area contributed by atoms with Gasteiger partial charge in [0.2, 0.25) is 0 Å². The van der Waals surface area contributed by atoms with Crippen molar-refractivity contribution in [3.8, 4) is 0 Å². The maximum absolute atomic E-state index is 9.36. The van der Waals surface area contributed by atoms with Crippen LogP contribution in [0.1, 0.15) is 12.8 Å². The summed E-state index contributed by atoms with van der Waals surface area (Å²) in [5.74, 6) is 0.